The predicted molar refractivity (Wildman–Crippen MR) is 107 cm³/mol. The lowest BCUT2D eigenvalue weighted by Gasteiger charge is -2.34. The molecule has 28 heavy (non-hydrogen) atoms. The van der Waals surface area contributed by atoms with E-state index in [1.54, 1.807) is 17.9 Å². The van der Waals surface area contributed by atoms with Gasteiger partial charge in [-0.15, -0.1) is 0 Å². The van der Waals surface area contributed by atoms with Crippen LogP contribution >= 0.6 is 0 Å². The Morgan fingerprint density at radius 2 is 1.71 bits per heavy atom. The third kappa shape index (κ3) is 5.32. The number of nitrogens with zero attached hydrogens (tertiary/aromatic N) is 3. The van der Waals surface area contributed by atoms with Crippen molar-refractivity contribution in [2.45, 2.75) is 20.8 Å². The Morgan fingerprint density at radius 1 is 1.04 bits per heavy atom. The molecule has 150 valence electrons. The summed E-state index contributed by atoms with van der Waals surface area (Å²) in [5.74, 6) is 0.537. The average Bonchev–Trinajstić information content (AvgIpc) is 3.07. The van der Waals surface area contributed by atoms with Crippen LogP contribution in [0.15, 0.2) is 28.8 Å². The minimum absolute atomic E-state index is 0.0950. The number of aryl methyl sites for hydroxylation is 3. The van der Waals surface area contributed by atoms with Crippen molar-refractivity contribution in [3.05, 3.63) is 46.8 Å². The molecule has 0 unspecified atom stereocenters. The summed E-state index contributed by atoms with van der Waals surface area (Å²) in [6.45, 7) is 9.88. The summed E-state index contributed by atoms with van der Waals surface area (Å²) < 4.78 is 4.97. The number of nitrogens with one attached hydrogen (secondary N) is 2. The fourth-order valence-electron chi connectivity index (χ4n) is 3.35. The first-order chi connectivity index (χ1) is 13.4. The van der Waals surface area contributed by atoms with Gasteiger partial charge < -0.3 is 20.1 Å². The summed E-state index contributed by atoms with van der Waals surface area (Å²) in [5.41, 5.74) is 3.38. The molecule has 1 aliphatic rings. The lowest BCUT2D eigenvalue weighted by Crippen LogP contribution is -2.50. The largest absolute Gasteiger partial charge is 0.361 e. The molecule has 8 heteroatoms. The number of piperazine rings is 1. The summed E-state index contributed by atoms with van der Waals surface area (Å²) in [7, 11) is 0. The Bertz CT molecular complexity index is 820. The molecule has 0 bridgehead atoms. The average molecular weight is 385 g/mol. The molecular weight excluding hydrogens is 358 g/mol. The van der Waals surface area contributed by atoms with Gasteiger partial charge in [-0.1, -0.05) is 11.2 Å². The van der Waals surface area contributed by atoms with Crippen molar-refractivity contribution in [2.24, 2.45) is 0 Å². The van der Waals surface area contributed by atoms with E-state index in [1.165, 1.54) is 0 Å². The summed E-state index contributed by atoms with van der Waals surface area (Å²) in [5, 5.41) is 9.54. The van der Waals surface area contributed by atoms with E-state index in [1.807, 2.05) is 26.0 Å². The van der Waals surface area contributed by atoms with Crippen LogP contribution in [0.5, 0.6) is 0 Å². The Kier molecular flexibility index (Phi) is 6.30. The first-order valence-corrected chi connectivity index (χ1v) is 9.49. The number of carbonyl (C=O) groups is 2. The molecule has 1 aromatic heterocycles. The van der Waals surface area contributed by atoms with Crippen LogP contribution in [0.1, 0.15) is 27.4 Å². The van der Waals surface area contributed by atoms with Gasteiger partial charge in [0.05, 0.1) is 0 Å². The van der Waals surface area contributed by atoms with Gasteiger partial charge in [0.25, 0.3) is 5.91 Å². The Morgan fingerprint density at radius 3 is 2.32 bits per heavy atom. The molecule has 1 fully saturated rings. The van der Waals surface area contributed by atoms with E-state index >= 15 is 0 Å². The first-order valence-electron chi connectivity index (χ1n) is 9.49. The van der Waals surface area contributed by atoms with Crippen molar-refractivity contribution >= 4 is 17.6 Å². The third-order valence-electron chi connectivity index (χ3n) is 4.70. The SMILES string of the molecule is Cc1cc(C)cc(NC(=O)NCCN2CCN(C(=O)c3cc(C)on3)CC2)c1. The van der Waals surface area contributed by atoms with E-state index in [2.05, 4.69) is 26.8 Å². The minimum Gasteiger partial charge on any atom is -0.361 e. The maximum atomic E-state index is 12.4. The lowest BCUT2D eigenvalue weighted by atomic mass is 10.1. The fourth-order valence-corrected chi connectivity index (χ4v) is 3.35. The maximum absolute atomic E-state index is 12.4. The minimum atomic E-state index is -0.208. The molecule has 3 rings (SSSR count). The van der Waals surface area contributed by atoms with Crippen LogP contribution in [0.4, 0.5) is 10.5 Å². The Balaban J connectivity index is 1.37. The summed E-state index contributed by atoms with van der Waals surface area (Å²) in [6.07, 6.45) is 0. The molecule has 2 N–H and O–H groups in total. The van der Waals surface area contributed by atoms with Crippen LogP contribution in [0.2, 0.25) is 0 Å². The monoisotopic (exact) mass is 385 g/mol. The standard InChI is InChI=1S/C20H27N5O3/c1-14-10-15(2)12-17(11-14)22-20(27)21-4-5-24-6-8-25(9-7-24)19(26)18-13-16(3)28-23-18/h10-13H,4-9H2,1-3H3,(H2,21,22,27). The van der Waals surface area contributed by atoms with Crippen molar-refractivity contribution < 1.29 is 14.1 Å². The number of anilines is 1. The zero-order valence-corrected chi connectivity index (χ0v) is 16.6. The quantitative estimate of drug-likeness (QED) is 0.823. The van der Waals surface area contributed by atoms with Crippen LogP contribution in [0.3, 0.4) is 0 Å². The fraction of sp³-hybridized carbons (Fsp3) is 0.450. The zero-order valence-electron chi connectivity index (χ0n) is 16.6. The third-order valence-corrected chi connectivity index (χ3v) is 4.70. The smallest absolute Gasteiger partial charge is 0.319 e. The van der Waals surface area contributed by atoms with Crippen LogP contribution in [0, 0.1) is 20.8 Å². The topological polar surface area (TPSA) is 90.7 Å². The summed E-state index contributed by atoms with van der Waals surface area (Å²) in [6, 6.07) is 7.41. The normalized spacial score (nSPS) is 14.8. The molecule has 0 aliphatic carbocycles. The molecule has 0 saturated carbocycles. The van der Waals surface area contributed by atoms with Crippen molar-refractivity contribution in [3.8, 4) is 0 Å². The number of aromatic nitrogens is 1. The number of hydrogen-bond acceptors (Lipinski definition) is 5. The number of amides is 3. The molecule has 8 nitrogen and oxygen atoms in total. The van der Waals surface area contributed by atoms with E-state index in [-0.39, 0.29) is 11.9 Å². The van der Waals surface area contributed by atoms with E-state index in [0.29, 0.717) is 31.1 Å². The van der Waals surface area contributed by atoms with Gasteiger partial charge in [-0.2, -0.15) is 0 Å². The van der Waals surface area contributed by atoms with Gasteiger partial charge in [-0.3, -0.25) is 9.69 Å². The molecular formula is C20H27N5O3. The van der Waals surface area contributed by atoms with E-state index in [0.717, 1.165) is 36.4 Å². The summed E-state index contributed by atoms with van der Waals surface area (Å²) >= 11 is 0. The molecule has 3 amide bonds. The number of urea groups is 1. The van der Waals surface area contributed by atoms with Gasteiger partial charge in [-0.05, 0) is 44.0 Å². The zero-order chi connectivity index (χ0) is 20.1. The van der Waals surface area contributed by atoms with Crippen molar-refractivity contribution in [1.82, 2.24) is 20.3 Å². The van der Waals surface area contributed by atoms with Crippen LogP contribution in [-0.2, 0) is 0 Å². The van der Waals surface area contributed by atoms with Gasteiger partial charge in [0, 0.05) is 51.0 Å². The number of rotatable bonds is 5. The van der Waals surface area contributed by atoms with Crippen molar-refractivity contribution in [2.75, 3.05) is 44.6 Å². The second kappa shape index (κ2) is 8.88. The molecule has 1 saturated heterocycles. The number of benzene rings is 1. The lowest BCUT2D eigenvalue weighted by molar-refractivity contribution is 0.0629. The number of carbonyl (C=O) groups excluding carboxylic acids is 2. The highest BCUT2D eigenvalue weighted by Crippen LogP contribution is 2.13. The molecule has 2 heterocycles. The second-order valence-electron chi connectivity index (χ2n) is 7.21. The predicted octanol–water partition coefficient (Wildman–Crippen LogP) is 2.18. The molecule has 1 aromatic carbocycles. The van der Waals surface area contributed by atoms with Crippen LogP contribution in [-0.4, -0.2) is 66.2 Å². The van der Waals surface area contributed by atoms with E-state index < -0.39 is 0 Å². The van der Waals surface area contributed by atoms with E-state index in [4.69, 9.17) is 4.52 Å². The number of hydrogen-bond donors (Lipinski definition) is 2. The van der Waals surface area contributed by atoms with Crippen molar-refractivity contribution in [3.63, 3.8) is 0 Å². The summed E-state index contributed by atoms with van der Waals surface area (Å²) in [4.78, 5) is 28.4. The highest BCUT2D eigenvalue weighted by atomic mass is 16.5. The molecule has 0 atom stereocenters. The van der Waals surface area contributed by atoms with Crippen molar-refractivity contribution in [1.29, 1.82) is 0 Å². The molecule has 2 aromatic rings. The Labute approximate surface area is 164 Å². The van der Waals surface area contributed by atoms with Gasteiger partial charge >= 0.3 is 6.03 Å². The second-order valence-corrected chi connectivity index (χ2v) is 7.21. The van der Waals surface area contributed by atoms with Gasteiger partial charge in [0.1, 0.15) is 5.76 Å². The van der Waals surface area contributed by atoms with Gasteiger partial charge in [0.2, 0.25) is 0 Å². The highest BCUT2D eigenvalue weighted by Gasteiger charge is 2.24. The molecule has 0 spiro atoms. The van der Waals surface area contributed by atoms with Crippen LogP contribution in [0.25, 0.3) is 0 Å². The van der Waals surface area contributed by atoms with Gasteiger partial charge in [-0.25, -0.2) is 4.79 Å². The molecule has 1 aliphatic heterocycles. The molecule has 0 radical (unpaired) electrons. The first kappa shape index (κ1) is 19.9. The van der Waals surface area contributed by atoms with Gasteiger partial charge in [0.15, 0.2) is 5.69 Å². The highest BCUT2D eigenvalue weighted by molar-refractivity contribution is 5.92. The Hall–Kier alpha value is -2.87. The van der Waals surface area contributed by atoms with Crippen LogP contribution < -0.4 is 10.6 Å². The maximum Gasteiger partial charge on any atom is 0.319 e. The van der Waals surface area contributed by atoms with E-state index in [9.17, 15) is 9.59 Å².